The van der Waals surface area contributed by atoms with E-state index in [2.05, 4.69) is 10.1 Å². The summed E-state index contributed by atoms with van der Waals surface area (Å²) in [4.78, 5) is 33.5. The summed E-state index contributed by atoms with van der Waals surface area (Å²) in [6, 6.07) is 12.7. The zero-order chi connectivity index (χ0) is 58.0. The molecule has 0 bridgehead atoms. The van der Waals surface area contributed by atoms with Gasteiger partial charge in [-0.15, -0.1) is 0 Å². The van der Waals surface area contributed by atoms with Crippen LogP contribution in [0.4, 0.5) is 61.5 Å². The molecule has 6 aromatic rings. The van der Waals surface area contributed by atoms with Crippen molar-refractivity contribution in [1.29, 1.82) is 0 Å². The normalized spacial score (nSPS) is 22.3. The fraction of sp³-hybridized carbons (Fsp3) is 0.357. The summed E-state index contributed by atoms with van der Waals surface area (Å²) in [6.07, 6.45) is -17.8. The molecule has 80 heavy (non-hydrogen) atoms. The molecule has 6 heterocycles. The number of ether oxygens (including phenoxy) is 2. The molecular weight excluding hydrogens is 1090 g/mol. The zero-order valence-corrected chi connectivity index (χ0v) is 42.4. The van der Waals surface area contributed by atoms with E-state index in [0.29, 0.717) is 76.4 Å². The molecule has 4 aromatic carbocycles. The summed E-state index contributed by atoms with van der Waals surface area (Å²) in [5.74, 6) is -2.04. The van der Waals surface area contributed by atoms with Crippen molar-refractivity contribution in [3.05, 3.63) is 189 Å². The van der Waals surface area contributed by atoms with Crippen molar-refractivity contribution >= 4 is 23.0 Å². The third kappa shape index (κ3) is 12.1. The first kappa shape index (κ1) is 57.3. The van der Waals surface area contributed by atoms with Gasteiger partial charge in [0.2, 0.25) is 17.7 Å². The number of oxazole rings is 1. The highest BCUT2D eigenvalue weighted by atomic mass is 19.4. The first-order valence-corrected chi connectivity index (χ1v) is 24.7. The molecule has 4 unspecified atom stereocenters. The van der Waals surface area contributed by atoms with Gasteiger partial charge in [-0.3, -0.25) is 9.59 Å². The molecule has 8 atom stereocenters. The first-order valence-electron chi connectivity index (χ1n) is 24.7. The van der Waals surface area contributed by atoms with Gasteiger partial charge in [0.25, 0.3) is 0 Å². The fourth-order valence-corrected chi connectivity index (χ4v) is 11.0. The maximum atomic E-state index is 13.8. The standard InChI is InChI=1S/C29H25F7N2O3.C27H21F7N2O3/c1-14-26(16(3)41-37-14)19-10-23-27(17-4-6-22(30)7-5-17)24(13-38(23)25(39)11-19)40-15(2)18-8-20(28(31,32)33)12-21(9-18)29(34,35)36;1-14(16-8-18(26(29,30)31)12-19(9-16)27(32,33)34)39-22-13-36-21(24(22)15-2-4-20(28)5-3-15)10-17(11-23(36)37)25-35-6-7-38-25/h4-9,11-12,15,23-24,27H,10,13H2,1-3H3;2-9,11-12,14,21-22,24H,10,13H2,1H3/t15-,23?,24?,27+;14-,21?,22?,24+/m11/s1. The first-order chi connectivity index (χ1) is 37.4. The quantitative estimate of drug-likeness (QED) is 0.125. The molecule has 0 N–H and O–H groups in total. The lowest BCUT2D eigenvalue weighted by Crippen LogP contribution is -2.39. The predicted octanol–water partition coefficient (Wildman–Crippen LogP) is 14.2. The van der Waals surface area contributed by atoms with Crippen LogP contribution in [-0.2, 0) is 43.8 Å². The van der Waals surface area contributed by atoms with Gasteiger partial charge in [0.15, 0.2) is 0 Å². The second-order valence-electron chi connectivity index (χ2n) is 19.9. The van der Waals surface area contributed by atoms with Crippen LogP contribution in [0.2, 0.25) is 0 Å². The summed E-state index contributed by atoms with van der Waals surface area (Å²) in [6.45, 7) is 6.24. The van der Waals surface area contributed by atoms with E-state index in [4.69, 9.17) is 18.4 Å². The average Bonchev–Trinajstić information content (AvgIpc) is 4.28. The molecule has 424 valence electrons. The number of fused-ring (bicyclic) bond motifs is 2. The Hall–Kier alpha value is -7.34. The smallest absolute Gasteiger partial charge is 0.416 e. The molecule has 0 saturated carbocycles. The summed E-state index contributed by atoms with van der Waals surface area (Å²) >= 11 is 0. The van der Waals surface area contributed by atoms with Crippen LogP contribution in [0.1, 0.15) is 118 Å². The SMILES string of the molecule is C[C@@H](OC1CN2C(=O)C=C(c3ncco3)CC2[C@@H]1c1ccc(F)cc1)c1cc(C(F)(F)F)cc(C(F)(F)F)c1.Cc1noc(C)c1C1=CC(=O)N2CC(O[C@H](C)c3cc(C(F)(F)F)cc(C(F)(F)F)c3)[C@@H](c3ccc(F)cc3)C2C1. The highest BCUT2D eigenvalue weighted by Crippen LogP contribution is 2.48. The van der Waals surface area contributed by atoms with Crippen molar-refractivity contribution in [2.45, 2.75) is 114 Å². The van der Waals surface area contributed by atoms with Crippen molar-refractivity contribution in [2.24, 2.45) is 0 Å². The minimum atomic E-state index is -5.01. The van der Waals surface area contributed by atoms with Crippen LogP contribution < -0.4 is 0 Å². The van der Waals surface area contributed by atoms with Gasteiger partial charge >= 0.3 is 24.7 Å². The maximum Gasteiger partial charge on any atom is 0.416 e. The second-order valence-corrected chi connectivity index (χ2v) is 19.9. The third-order valence-corrected chi connectivity index (χ3v) is 14.7. The molecular formula is C56H46F14N4O6. The minimum Gasteiger partial charge on any atom is -0.445 e. The number of amides is 2. The number of nitrogens with zero attached hydrogens (tertiary/aromatic N) is 4. The van der Waals surface area contributed by atoms with E-state index in [1.165, 1.54) is 91.9 Å². The summed E-state index contributed by atoms with van der Waals surface area (Å²) < 4.78 is 212. The highest BCUT2D eigenvalue weighted by molar-refractivity contribution is 5.98. The van der Waals surface area contributed by atoms with Gasteiger partial charge in [-0.25, -0.2) is 13.8 Å². The van der Waals surface area contributed by atoms with E-state index >= 15 is 0 Å². The fourth-order valence-electron chi connectivity index (χ4n) is 11.0. The number of carbonyl (C=O) groups is 2. The van der Waals surface area contributed by atoms with Gasteiger partial charge in [-0.2, -0.15) is 52.7 Å². The van der Waals surface area contributed by atoms with E-state index < -0.39 is 107 Å². The largest absolute Gasteiger partial charge is 0.445 e. The molecule has 24 heteroatoms. The lowest BCUT2D eigenvalue weighted by molar-refractivity contribution is -0.145. The predicted molar refractivity (Wildman–Crippen MR) is 256 cm³/mol. The zero-order valence-electron chi connectivity index (χ0n) is 42.4. The van der Waals surface area contributed by atoms with Crippen molar-refractivity contribution in [1.82, 2.24) is 19.9 Å². The monoisotopic (exact) mass is 1140 g/mol. The van der Waals surface area contributed by atoms with Crippen molar-refractivity contribution in [2.75, 3.05) is 13.1 Å². The molecule has 2 fully saturated rings. The van der Waals surface area contributed by atoms with Crippen LogP contribution in [0.3, 0.4) is 0 Å². The van der Waals surface area contributed by atoms with E-state index in [0.717, 1.165) is 0 Å². The maximum absolute atomic E-state index is 13.8. The lowest BCUT2D eigenvalue weighted by atomic mass is 9.83. The van der Waals surface area contributed by atoms with Crippen molar-refractivity contribution in [3.8, 4) is 0 Å². The Morgan fingerprint density at radius 2 is 0.963 bits per heavy atom. The van der Waals surface area contributed by atoms with Gasteiger partial charge in [0.05, 0.1) is 58.6 Å². The number of rotatable bonds is 10. The molecule has 10 nitrogen and oxygen atoms in total. The van der Waals surface area contributed by atoms with Crippen LogP contribution in [0.5, 0.6) is 0 Å². The van der Waals surface area contributed by atoms with E-state index in [1.807, 2.05) is 0 Å². The number of carbonyl (C=O) groups excluding carboxylic acids is 2. The van der Waals surface area contributed by atoms with Gasteiger partial charge in [0, 0.05) is 60.3 Å². The Labute approximate surface area is 446 Å². The molecule has 10 rings (SSSR count). The number of aryl methyl sites for hydroxylation is 2. The Kier molecular flexibility index (Phi) is 15.5. The molecule has 0 aliphatic carbocycles. The Balaban J connectivity index is 0.000000194. The summed E-state index contributed by atoms with van der Waals surface area (Å²) in [5.41, 5.74) is -2.70. The summed E-state index contributed by atoms with van der Waals surface area (Å²) in [7, 11) is 0. The van der Waals surface area contributed by atoms with Crippen LogP contribution in [-0.4, -0.2) is 69.1 Å². The molecule has 2 saturated heterocycles. The van der Waals surface area contributed by atoms with E-state index in [1.54, 1.807) is 18.7 Å². The molecule has 2 amide bonds. The van der Waals surface area contributed by atoms with Crippen LogP contribution in [0.25, 0.3) is 11.1 Å². The number of halogens is 14. The van der Waals surface area contributed by atoms with Crippen LogP contribution in [0, 0.1) is 25.5 Å². The number of hydrogen-bond acceptors (Lipinski definition) is 8. The number of hydrogen-bond donors (Lipinski definition) is 0. The third-order valence-electron chi connectivity index (χ3n) is 14.7. The Morgan fingerprint density at radius 3 is 1.31 bits per heavy atom. The molecule has 0 spiro atoms. The van der Waals surface area contributed by atoms with Crippen LogP contribution >= 0.6 is 0 Å². The van der Waals surface area contributed by atoms with Crippen molar-refractivity contribution in [3.63, 3.8) is 0 Å². The molecule has 4 aliphatic heterocycles. The van der Waals surface area contributed by atoms with Crippen molar-refractivity contribution < 1.29 is 89.5 Å². The molecule has 0 radical (unpaired) electrons. The van der Waals surface area contributed by atoms with Gasteiger partial charge < -0.3 is 28.2 Å². The van der Waals surface area contributed by atoms with Gasteiger partial charge in [0.1, 0.15) is 23.7 Å². The Morgan fingerprint density at radius 1 is 0.575 bits per heavy atom. The highest BCUT2D eigenvalue weighted by Gasteiger charge is 2.50. The van der Waals surface area contributed by atoms with E-state index in [9.17, 15) is 71.1 Å². The number of alkyl halides is 12. The summed E-state index contributed by atoms with van der Waals surface area (Å²) in [5, 5.41) is 3.96. The van der Waals surface area contributed by atoms with E-state index in [-0.39, 0.29) is 54.1 Å². The lowest BCUT2D eigenvalue weighted by Gasteiger charge is -2.32. The number of benzene rings is 4. The second kappa shape index (κ2) is 21.6. The van der Waals surface area contributed by atoms with Gasteiger partial charge in [-0.1, -0.05) is 29.4 Å². The molecule has 2 aromatic heterocycles. The molecule has 4 aliphatic rings. The Bertz CT molecular complexity index is 3230. The average molecular weight is 1140 g/mol. The van der Waals surface area contributed by atoms with Crippen LogP contribution in [0.15, 0.2) is 118 Å². The topological polar surface area (TPSA) is 111 Å². The van der Waals surface area contributed by atoms with Gasteiger partial charge in [-0.05, 0) is 129 Å². The minimum absolute atomic E-state index is 0.0241. The number of aromatic nitrogens is 2.